The molecule has 7 heteroatoms. The van der Waals surface area contributed by atoms with Crippen molar-refractivity contribution in [3.63, 3.8) is 0 Å². The Morgan fingerprint density at radius 2 is 1.42 bits per heavy atom. The third kappa shape index (κ3) is 24.1. The number of phosphoric ester groups is 1. The minimum absolute atomic E-state index is 0.0138. The lowest BCUT2D eigenvalue weighted by atomic mass is 10.2. The molecule has 0 aromatic carbocycles. The zero-order valence-electron chi connectivity index (χ0n) is 21.1. The lowest BCUT2D eigenvalue weighted by molar-refractivity contribution is -0.219. The molecule has 0 bridgehead atoms. The summed E-state index contributed by atoms with van der Waals surface area (Å²) in [6, 6.07) is 0. The van der Waals surface area contributed by atoms with Gasteiger partial charge in [0.2, 0.25) is 5.91 Å². The van der Waals surface area contributed by atoms with E-state index in [9.17, 15) is 14.3 Å². The van der Waals surface area contributed by atoms with E-state index >= 15 is 0 Å². The molecule has 38 heavy (non-hydrogen) atoms. The van der Waals surface area contributed by atoms with Gasteiger partial charge in [0.1, 0.15) is 6.11 Å². The lowest BCUT2D eigenvalue weighted by Crippen LogP contribution is -2.20. The smallest absolute Gasteiger partial charge is 0.328 e. The average Bonchev–Trinajstić information content (AvgIpc) is 2.88. The summed E-state index contributed by atoms with van der Waals surface area (Å²) in [6.45, 7) is 7.28. The van der Waals surface area contributed by atoms with Crippen LogP contribution in [0, 0.1) is 71.2 Å². The van der Waals surface area contributed by atoms with Crippen LogP contribution in [0.2, 0.25) is 0 Å². The van der Waals surface area contributed by atoms with Gasteiger partial charge >= 0.3 is 7.82 Å². The maximum atomic E-state index is 11.6. The number of rotatable bonds is 10. The number of carbonyl (C=O) groups excluding carboxylic acids is 1. The third-order valence-electron chi connectivity index (χ3n) is 3.58. The van der Waals surface area contributed by atoms with E-state index in [1.807, 2.05) is 13.0 Å². The Morgan fingerprint density at radius 1 is 0.842 bits per heavy atom. The molecule has 1 atom stereocenters. The molecule has 0 aliphatic carbocycles. The minimum Gasteiger partial charge on any atom is -0.746 e. The van der Waals surface area contributed by atoms with Crippen LogP contribution in [0.4, 0.5) is 0 Å². The first-order valence-corrected chi connectivity index (χ1v) is 12.7. The van der Waals surface area contributed by atoms with Crippen LogP contribution < -0.4 is 10.2 Å². The first kappa shape index (κ1) is 33.0. The van der Waals surface area contributed by atoms with Crippen LogP contribution in [0.5, 0.6) is 0 Å². The highest BCUT2D eigenvalue weighted by molar-refractivity contribution is 7.46. The summed E-state index contributed by atoms with van der Waals surface area (Å²) in [7, 11) is -4.52. The zero-order chi connectivity index (χ0) is 28.2. The molecule has 0 radical (unpaired) electrons. The summed E-state index contributed by atoms with van der Waals surface area (Å²) >= 11 is 0. The SMILES string of the molecule is C=C=C=C=C=C=C=C=C(C#CC#CC#CC#CC#CC#COP(=O)([O-])OCCCCCCNC(C)=O)CC. The van der Waals surface area contributed by atoms with E-state index in [0.29, 0.717) is 25.0 Å². The minimum atomic E-state index is -4.52. The molecular formula is C31H23NO5P-. The van der Waals surface area contributed by atoms with Crippen LogP contribution in [0.15, 0.2) is 52.3 Å². The normalized spacial score (nSPS) is 8.82. The molecule has 0 fully saturated rings. The second-order valence-corrected chi connectivity index (χ2v) is 7.84. The Hall–Kier alpha value is -5.02. The third-order valence-corrected chi connectivity index (χ3v) is 4.40. The zero-order valence-corrected chi connectivity index (χ0v) is 22.0. The largest absolute Gasteiger partial charge is 0.746 e. The van der Waals surface area contributed by atoms with E-state index in [4.69, 9.17) is 4.52 Å². The van der Waals surface area contributed by atoms with E-state index in [1.54, 1.807) is 0 Å². The summed E-state index contributed by atoms with van der Waals surface area (Å²) in [4.78, 5) is 22.3. The van der Waals surface area contributed by atoms with Crippen molar-refractivity contribution in [1.29, 1.82) is 0 Å². The predicted molar refractivity (Wildman–Crippen MR) is 142 cm³/mol. The van der Waals surface area contributed by atoms with Gasteiger partial charge in [0.25, 0.3) is 0 Å². The highest BCUT2D eigenvalue weighted by Crippen LogP contribution is 2.37. The Kier molecular flexibility index (Phi) is 20.6. The molecule has 1 unspecified atom stereocenters. The number of carbonyl (C=O) groups is 1. The number of amides is 1. The number of allylic oxidation sites excluding steroid dienone is 1. The van der Waals surface area contributed by atoms with Crippen molar-refractivity contribution in [2.24, 2.45) is 0 Å². The van der Waals surface area contributed by atoms with E-state index in [0.717, 1.165) is 19.3 Å². The fraction of sp³-hybridized carbons (Fsp3) is 0.290. The highest BCUT2D eigenvalue weighted by atomic mass is 31.2. The van der Waals surface area contributed by atoms with Crippen LogP contribution in [0.3, 0.4) is 0 Å². The molecule has 0 rings (SSSR count). The van der Waals surface area contributed by atoms with Crippen molar-refractivity contribution in [2.75, 3.05) is 13.2 Å². The van der Waals surface area contributed by atoms with E-state index in [1.165, 1.54) is 6.92 Å². The topological polar surface area (TPSA) is 87.7 Å². The van der Waals surface area contributed by atoms with Crippen molar-refractivity contribution in [3.05, 3.63) is 52.3 Å². The molecule has 0 aliphatic rings. The van der Waals surface area contributed by atoms with Gasteiger partial charge in [-0.3, -0.25) is 9.36 Å². The predicted octanol–water partition coefficient (Wildman–Crippen LogP) is 3.21. The molecule has 0 spiro atoms. The van der Waals surface area contributed by atoms with Crippen molar-refractivity contribution in [1.82, 2.24) is 5.32 Å². The number of phosphoric acid groups is 1. The molecule has 0 aliphatic heterocycles. The van der Waals surface area contributed by atoms with Crippen LogP contribution in [0.1, 0.15) is 46.0 Å². The van der Waals surface area contributed by atoms with Crippen molar-refractivity contribution < 1.29 is 23.3 Å². The fourth-order valence-corrected chi connectivity index (χ4v) is 2.52. The van der Waals surface area contributed by atoms with Crippen molar-refractivity contribution >= 4 is 13.7 Å². The number of unbranched alkanes of at least 4 members (excludes halogenated alkanes) is 3. The van der Waals surface area contributed by atoms with Gasteiger partial charge in [-0.2, -0.15) is 0 Å². The number of hydrogen-bond donors (Lipinski definition) is 1. The van der Waals surface area contributed by atoms with Gasteiger partial charge in [0.15, 0.2) is 0 Å². The maximum Gasteiger partial charge on any atom is 0.328 e. The Bertz CT molecular complexity index is 1550. The van der Waals surface area contributed by atoms with Crippen LogP contribution in [0.25, 0.3) is 0 Å². The molecule has 0 heterocycles. The van der Waals surface area contributed by atoms with Gasteiger partial charge in [-0.05, 0) is 95.8 Å². The van der Waals surface area contributed by atoms with E-state index in [2.05, 4.69) is 122 Å². The Labute approximate surface area is 224 Å². The van der Waals surface area contributed by atoms with Gasteiger partial charge in [-0.1, -0.05) is 25.5 Å². The summed E-state index contributed by atoms with van der Waals surface area (Å²) in [5.74, 6) is 27.1. The van der Waals surface area contributed by atoms with Gasteiger partial charge in [0, 0.05) is 43.1 Å². The second kappa shape index (κ2) is 23.7. The first-order valence-electron chi connectivity index (χ1n) is 11.2. The first-order chi connectivity index (χ1) is 18.4. The van der Waals surface area contributed by atoms with E-state index < -0.39 is 7.82 Å². The van der Waals surface area contributed by atoms with Gasteiger partial charge < -0.3 is 19.3 Å². The fourth-order valence-electron chi connectivity index (χ4n) is 1.96. The molecule has 1 amide bonds. The van der Waals surface area contributed by atoms with Crippen LogP contribution in [-0.2, 0) is 18.4 Å². The number of hydrogen-bond acceptors (Lipinski definition) is 5. The summed E-state index contributed by atoms with van der Waals surface area (Å²) in [5.41, 5.74) is 18.6. The van der Waals surface area contributed by atoms with Gasteiger partial charge in [0.05, 0.1) is 12.2 Å². The van der Waals surface area contributed by atoms with E-state index in [-0.39, 0.29) is 12.5 Å². The maximum absolute atomic E-state index is 11.6. The molecule has 6 nitrogen and oxygen atoms in total. The quantitative estimate of drug-likeness (QED) is 0.207. The highest BCUT2D eigenvalue weighted by Gasteiger charge is 2.07. The summed E-state index contributed by atoms with van der Waals surface area (Å²) in [5, 5.41) is 2.68. The molecule has 0 aromatic rings. The average molecular weight is 521 g/mol. The van der Waals surface area contributed by atoms with Crippen LogP contribution in [-0.4, -0.2) is 19.1 Å². The molecule has 0 aromatic heterocycles. The molecule has 0 saturated heterocycles. The molecule has 1 N–H and O–H groups in total. The van der Waals surface area contributed by atoms with Crippen LogP contribution >= 0.6 is 7.82 Å². The summed E-state index contributed by atoms with van der Waals surface area (Å²) in [6.07, 6.45) is 5.52. The lowest BCUT2D eigenvalue weighted by Gasteiger charge is -2.18. The standard InChI is InChI=1S/C31H24NO5P/c1-4-6-7-8-15-20-25-31(5-2)26-21-16-13-11-9-10-12-14-18-23-28-36-38(34,35)37-29-24-19-17-22-27-32-30(3)33/h1,5,17,19,22,24,27,29H2,2-3H3,(H,32,33)(H,34,35)/p-1. The van der Waals surface area contributed by atoms with Gasteiger partial charge in [-0.25, -0.2) is 0 Å². The monoisotopic (exact) mass is 520 g/mol. The molecule has 188 valence electrons. The molecule has 0 saturated carbocycles. The second-order valence-electron chi connectivity index (χ2n) is 6.50. The Morgan fingerprint density at radius 3 is 2.05 bits per heavy atom. The molecular weight excluding hydrogens is 497 g/mol. The van der Waals surface area contributed by atoms with Crippen molar-refractivity contribution in [3.8, 4) is 71.2 Å². The summed E-state index contributed by atoms with van der Waals surface area (Å²) < 4.78 is 20.6. The van der Waals surface area contributed by atoms with Crippen molar-refractivity contribution in [2.45, 2.75) is 46.0 Å². The Balaban J connectivity index is 4.54. The number of nitrogens with one attached hydrogen (secondary N) is 1. The van der Waals surface area contributed by atoms with Gasteiger partial charge in [-0.15, -0.1) is 0 Å².